The summed E-state index contributed by atoms with van der Waals surface area (Å²) in [6.07, 6.45) is 3.50. The molecule has 0 aliphatic carbocycles. The topological polar surface area (TPSA) is 46.8 Å². The van der Waals surface area contributed by atoms with Crippen molar-refractivity contribution in [2.45, 2.75) is 20.5 Å². The van der Waals surface area contributed by atoms with E-state index in [9.17, 15) is 4.39 Å². The lowest BCUT2D eigenvalue weighted by molar-refractivity contribution is 0.184. The third-order valence-electron chi connectivity index (χ3n) is 4.41. The van der Waals surface area contributed by atoms with Crippen LogP contribution in [0.15, 0.2) is 58.6 Å². The Bertz CT molecular complexity index is 1040. The summed E-state index contributed by atoms with van der Waals surface area (Å²) in [5.41, 5.74) is 6.43. The van der Waals surface area contributed by atoms with Gasteiger partial charge < -0.3 is 4.74 Å². The van der Waals surface area contributed by atoms with Gasteiger partial charge >= 0.3 is 0 Å². The first-order valence-corrected chi connectivity index (χ1v) is 8.91. The lowest BCUT2D eigenvalue weighted by Crippen LogP contribution is -1.96. The van der Waals surface area contributed by atoms with Crippen molar-refractivity contribution in [3.8, 4) is 22.4 Å². The Morgan fingerprint density at radius 1 is 1.11 bits per heavy atom. The maximum atomic E-state index is 13.7. The molecule has 0 unspecified atom stereocenters. The average Bonchev–Trinajstić information content (AvgIpc) is 2.71. The van der Waals surface area contributed by atoms with Crippen LogP contribution in [0.2, 0.25) is 0 Å². The number of hydrogen-bond acceptors (Lipinski definition) is 4. The van der Waals surface area contributed by atoms with Gasteiger partial charge in [0, 0.05) is 30.6 Å². The SMILES string of the molecule is C=Nc1cc(-c2cc(COC)cnc2-c2ccc(F)c(C)c2)ccc1/N=C\C. The number of aromatic nitrogens is 1. The van der Waals surface area contributed by atoms with E-state index in [0.29, 0.717) is 17.9 Å². The molecule has 0 atom stereocenters. The molecule has 28 heavy (non-hydrogen) atoms. The molecule has 0 N–H and O–H groups in total. The number of aryl methyl sites for hydroxylation is 1. The maximum Gasteiger partial charge on any atom is 0.126 e. The summed E-state index contributed by atoms with van der Waals surface area (Å²) in [6, 6.07) is 12.9. The molecule has 0 saturated heterocycles. The highest BCUT2D eigenvalue weighted by atomic mass is 19.1. The molecule has 0 aliphatic heterocycles. The van der Waals surface area contributed by atoms with Crippen LogP contribution in [-0.2, 0) is 11.3 Å². The number of aliphatic imine (C=N–C) groups is 2. The zero-order valence-electron chi connectivity index (χ0n) is 16.2. The van der Waals surface area contributed by atoms with Gasteiger partial charge in [-0.2, -0.15) is 0 Å². The molecular formula is C23H22FN3O. The summed E-state index contributed by atoms with van der Waals surface area (Å²) in [6.45, 7) is 7.71. The van der Waals surface area contributed by atoms with Gasteiger partial charge in [0.2, 0.25) is 0 Å². The number of methoxy groups -OCH3 is 1. The van der Waals surface area contributed by atoms with Crippen molar-refractivity contribution in [3.05, 3.63) is 65.6 Å². The summed E-state index contributed by atoms with van der Waals surface area (Å²) in [7, 11) is 1.65. The Hall–Kier alpha value is -3.18. The number of halogens is 1. The predicted molar refractivity (Wildman–Crippen MR) is 114 cm³/mol. The van der Waals surface area contributed by atoms with Gasteiger partial charge in [-0.3, -0.25) is 15.0 Å². The van der Waals surface area contributed by atoms with Gasteiger partial charge in [0.25, 0.3) is 0 Å². The Balaban J connectivity index is 2.21. The highest BCUT2D eigenvalue weighted by Crippen LogP contribution is 2.37. The zero-order chi connectivity index (χ0) is 20.1. The molecule has 4 nitrogen and oxygen atoms in total. The molecular weight excluding hydrogens is 353 g/mol. The van der Waals surface area contributed by atoms with Gasteiger partial charge in [0.05, 0.1) is 23.7 Å². The molecule has 0 bridgehead atoms. The summed E-state index contributed by atoms with van der Waals surface area (Å²) in [5, 5.41) is 0. The number of nitrogens with zero attached hydrogens (tertiary/aromatic N) is 3. The van der Waals surface area contributed by atoms with Crippen molar-refractivity contribution < 1.29 is 9.13 Å². The second-order valence-corrected chi connectivity index (χ2v) is 6.39. The molecule has 1 aromatic heterocycles. The Morgan fingerprint density at radius 2 is 1.89 bits per heavy atom. The van der Waals surface area contributed by atoms with Crippen molar-refractivity contribution in [2.24, 2.45) is 9.98 Å². The van der Waals surface area contributed by atoms with Crippen LogP contribution in [0, 0.1) is 12.7 Å². The highest BCUT2D eigenvalue weighted by molar-refractivity contribution is 5.85. The Morgan fingerprint density at radius 3 is 2.57 bits per heavy atom. The molecule has 142 valence electrons. The minimum atomic E-state index is -0.235. The largest absolute Gasteiger partial charge is 0.380 e. The number of hydrogen-bond donors (Lipinski definition) is 0. The summed E-state index contributed by atoms with van der Waals surface area (Å²) in [4.78, 5) is 13.1. The summed E-state index contributed by atoms with van der Waals surface area (Å²) in [5.74, 6) is -0.235. The molecule has 3 aromatic rings. The minimum absolute atomic E-state index is 0.235. The summed E-state index contributed by atoms with van der Waals surface area (Å²) >= 11 is 0. The van der Waals surface area contributed by atoms with Gasteiger partial charge in [-0.15, -0.1) is 0 Å². The van der Waals surface area contributed by atoms with Crippen molar-refractivity contribution in [1.29, 1.82) is 0 Å². The van der Waals surface area contributed by atoms with Crippen LogP contribution in [0.25, 0.3) is 22.4 Å². The van der Waals surface area contributed by atoms with Crippen LogP contribution in [0.1, 0.15) is 18.1 Å². The first-order valence-electron chi connectivity index (χ1n) is 8.91. The van der Waals surface area contributed by atoms with E-state index in [-0.39, 0.29) is 5.82 Å². The molecule has 1 heterocycles. The van der Waals surface area contributed by atoms with Crippen molar-refractivity contribution in [3.63, 3.8) is 0 Å². The zero-order valence-corrected chi connectivity index (χ0v) is 16.2. The van der Waals surface area contributed by atoms with Gasteiger partial charge in [0.15, 0.2) is 0 Å². The van der Waals surface area contributed by atoms with Crippen LogP contribution in [0.5, 0.6) is 0 Å². The number of rotatable bonds is 6. The van der Waals surface area contributed by atoms with Gasteiger partial charge in [-0.05, 0) is 73.7 Å². The van der Waals surface area contributed by atoms with E-state index in [2.05, 4.69) is 21.7 Å². The second-order valence-electron chi connectivity index (χ2n) is 6.39. The first kappa shape index (κ1) is 19.6. The third kappa shape index (κ3) is 4.05. The molecule has 0 amide bonds. The van der Waals surface area contributed by atoms with Gasteiger partial charge in [-0.25, -0.2) is 4.39 Å². The molecule has 0 saturated carbocycles. The maximum absolute atomic E-state index is 13.7. The molecule has 5 heteroatoms. The quantitative estimate of drug-likeness (QED) is 0.491. The highest BCUT2D eigenvalue weighted by Gasteiger charge is 2.13. The number of benzene rings is 2. The predicted octanol–water partition coefficient (Wildman–Crippen LogP) is 6.06. The van der Waals surface area contributed by atoms with Crippen LogP contribution < -0.4 is 0 Å². The van der Waals surface area contributed by atoms with Crippen LogP contribution >= 0.6 is 0 Å². The van der Waals surface area contributed by atoms with Crippen LogP contribution in [-0.4, -0.2) is 25.0 Å². The van der Waals surface area contributed by atoms with Gasteiger partial charge in [0.1, 0.15) is 5.82 Å². The molecule has 0 aliphatic rings. The number of ether oxygens (including phenoxy) is 1. The molecule has 3 rings (SSSR count). The third-order valence-corrected chi connectivity index (χ3v) is 4.41. The lowest BCUT2D eigenvalue weighted by Gasteiger charge is -2.13. The van der Waals surface area contributed by atoms with Crippen molar-refractivity contribution >= 4 is 24.3 Å². The fourth-order valence-electron chi connectivity index (χ4n) is 3.06. The van der Waals surface area contributed by atoms with E-state index >= 15 is 0 Å². The van der Waals surface area contributed by atoms with E-state index in [1.807, 2.05) is 31.2 Å². The van der Waals surface area contributed by atoms with Crippen molar-refractivity contribution in [2.75, 3.05) is 7.11 Å². The van der Waals surface area contributed by atoms with Gasteiger partial charge in [-0.1, -0.05) is 6.07 Å². The smallest absolute Gasteiger partial charge is 0.126 e. The van der Waals surface area contributed by atoms with E-state index in [0.717, 1.165) is 33.6 Å². The van der Waals surface area contributed by atoms with Crippen molar-refractivity contribution in [1.82, 2.24) is 4.98 Å². The average molecular weight is 375 g/mol. The van der Waals surface area contributed by atoms with E-state index in [4.69, 9.17) is 4.74 Å². The fraction of sp³-hybridized carbons (Fsp3) is 0.174. The molecule has 0 radical (unpaired) electrons. The normalized spacial score (nSPS) is 11.1. The van der Waals surface area contributed by atoms with Crippen LogP contribution in [0.3, 0.4) is 0 Å². The first-order chi connectivity index (χ1) is 13.6. The lowest BCUT2D eigenvalue weighted by atomic mass is 9.96. The fourth-order valence-corrected chi connectivity index (χ4v) is 3.06. The van der Waals surface area contributed by atoms with Crippen LogP contribution in [0.4, 0.5) is 15.8 Å². The standard InChI is InChI=1S/C23H22FN3O/c1-5-26-21-9-7-17(12-22(21)25-3)19-11-16(14-28-4)13-27-23(19)18-6-8-20(24)15(2)10-18/h5-13H,3,14H2,1-2,4H3/b26-5-. The summed E-state index contributed by atoms with van der Waals surface area (Å²) < 4.78 is 19.0. The molecule has 2 aromatic carbocycles. The Labute approximate surface area is 164 Å². The van der Waals surface area contributed by atoms with E-state index in [1.165, 1.54) is 6.07 Å². The molecule has 0 spiro atoms. The van der Waals surface area contributed by atoms with E-state index in [1.54, 1.807) is 38.6 Å². The molecule has 0 fully saturated rings. The Kier molecular flexibility index (Phi) is 6.06. The monoisotopic (exact) mass is 375 g/mol. The minimum Gasteiger partial charge on any atom is -0.380 e. The van der Waals surface area contributed by atoms with E-state index < -0.39 is 0 Å². The second kappa shape index (κ2) is 8.67. The number of pyridine rings is 1.